The Morgan fingerprint density at radius 3 is 2.67 bits per heavy atom. The highest BCUT2D eigenvalue weighted by molar-refractivity contribution is 5.81. The maximum Gasteiger partial charge on any atom is 0.332 e. The molecule has 140 valence electrons. The SMILES string of the molecule is [2H]c1nc2c(N)ncnc2n1CCCCn1c(=O)c2c(ncn2C)n(C)c1=O. The third kappa shape index (κ3) is 2.67. The number of imidazole rings is 2. The molecular weight excluding hydrogens is 350 g/mol. The lowest BCUT2D eigenvalue weighted by molar-refractivity contribution is 0.524. The summed E-state index contributed by atoms with van der Waals surface area (Å²) in [6, 6.07) is 0. The Hall–Kier alpha value is -3.50. The second-order valence-electron chi connectivity index (χ2n) is 6.33. The molecule has 0 saturated heterocycles. The van der Waals surface area contributed by atoms with Crippen molar-refractivity contribution in [2.75, 3.05) is 5.73 Å². The molecule has 11 heteroatoms. The molecule has 4 aromatic heterocycles. The van der Waals surface area contributed by atoms with Gasteiger partial charge in [-0.2, -0.15) is 0 Å². The van der Waals surface area contributed by atoms with Crippen LogP contribution in [0.2, 0.25) is 0 Å². The molecule has 11 nitrogen and oxygen atoms in total. The number of nitrogen functional groups attached to an aromatic ring is 1. The fraction of sp³-hybridized carbons (Fsp3) is 0.375. The van der Waals surface area contributed by atoms with Gasteiger partial charge in [-0.1, -0.05) is 0 Å². The zero-order valence-electron chi connectivity index (χ0n) is 16.0. The van der Waals surface area contributed by atoms with Gasteiger partial charge in [0.05, 0.1) is 12.6 Å². The summed E-state index contributed by atoms with van der Waals surface area (Å²) in [4.78, 5) is 41.4. The maximum atomic E-state index is 12.7. The first kappa shape index (κ1) is 15.7. The molecule has 27 heavy (non-hydrogen) atoms. The normalized spacial score (nSPS) is 12.1. The summed E-state index contributed by atoms with van der Waals surface area (Å²) in [5.74, 6) is 0.233. The third-order valence-electron chi connectivity index (χ3n) is 4.58. The molecule has 0 aliphatic heterocycles. The smallest absolute Gasteiger partial charge is 0.332 e. The quantitative estimate of drug-likeness (QED) is 0.474. The summed E-state index contributed by atoms with van der Waals surface area (Å²) in [6.45, 7) is 0.735. The van der Waals surface area contributed by atoms with Gasteiger partial charge in [0.25, 0.3) is 5.56 Å². The molecule has 0 aromatic carbocycles. The first-order valence-corrected chi connectivity index (χ1v) is 8.44. The van der Waals surface area contributed by atoms with Gasteiger partial charge < -0.3 is 14.9 Å². The van der Waals surface area contributed by atoms with E-state index < -0.39 is 5.69 Å². The van der Waals surface area contributed by atoms with Crippen molar-refractivity contribution in [1.29, 1.82) is 0 Å². The van der Waals surface area contributed by atoms with Crippen LogP contribution in [0.5, 0.6) is 0 Å². The topological polar surface area (TPSA) is 131 Å². The van der Waals surface area contributed by atoms with Gasteiger partial charge in [0.1, 0.15) is 13.2 Å². The van der Waals surface area contributed by atoms with Crippen LogP contribution in [0, 0.1) is 0 Å². The molecule has 0 bridgehead atoms. The van der Waals surface area contributed by atoms with Gasteiger partial charge in [-0.15, -0.1) is 0 Å². The molecule has 0 spiro atoms. The minimum Gasteiger partial charge on any atom is -0.382 e. The molecule has 2 N–H and O–H groups in total. The Kier molecular flexibility index (Phi) is 3.69. The zero-order valence-corrected chi connectivity index (χ0v) is 15.0. The Morgan fingerprint density at radius 2 is 1.85 bits per heavy atom. The number of anilines is 1. The molecule has 4 aromatic rings. The largest absolute Gasteiger partial charge is 0.382 e. The van der Waals surface area contributed by atoms with E-state index in [1.165, 1.54) is 21.8 Å². The van der Waals surface area contributed by atoms with Crippen LogP contribution in [-0.4, -0.2) is 38.2 Å². The summed E-state index contributed by atoms with van der Waals surface area (Å²) in [5.41, 5.74) is 6.69. The molecular formula is C16H19N9O2. The zero-order chi connectivity index (χ0) is 20.0. The van der Waals surface area contributed by atoms with Crippen LogP contribution in [0.15, 0.2) is 28.5 Å². The number of hydrogen-bond acceptors (Lipinski definition) is 7. The standard InChI is InChI=1S/C16H19N9O2/c1-22-8-21-14-11(22)15(26)25(16(27)23(14)2)6-4-3-5-24-9-20-10-12(17)18-7-19-13(10)24/h7-9H,3-6H2,1-2H3,(H2,17,18,19)/i9D. The summed E-state index contributed by atoms with van der Waals surface area (Å²) in [5, 5.41) is 0. The van der Waals surface area contributed by atoms with Crippen molar-refractivity contribution in [2.45, 2.75) is 25.9 Å². The van der Waals surface area contributed by atoms with E-state index in [0.29, 0.717) is 41.7 Å². The summed E-state index contributed by atoms with van der Waals surface area (Å²) in [6.07, 6.45) is 4.09. The molecule has 0 amide bonds. The molecule has 0 unspecified atom stereocenters. The number of aromatic nitrogens is 8. The monoisotopic (exact) mass is 370 g/mol. The number of hydrogen-bond donors (Lipinski definition) is 1. The second kappa shape index (κ2) is 6.34. The van der Waals surface area contributed by atoms with Gasteiger partial charge in [-0.05, 0) is 12.8 Å². The van der Waals surface area contributed by atoms with Crippen LogP contribution >= 0.6 is 0 Å². The van der Waals surface area contributed by atoms with Crippen LogP contribution in [0.4, 0.5) is 5.82 Å². The first-order chi connectivity index (χ1) is 13.4. The van der Waals surface area contributed by atoms with E-state index in [1.54, 1.807) is 23.2 Å². The minimum atomic E-state index is -0.397. The van der Waals surface area contributed by atoms with Crippen LogP contribution < -0.4 is 17.0 Å². The number of fused-ring (bicyclic) bond motifs is 2. The molecule has 0 saturated carbocycles. The van der Waals surface area contributed by atoms with E-state index in [1.807, 2.05) is 0 Å². The fourth-order valence-corrected chi connectivity index (χ4v) is 3.13. The average Bonchev–Trinajstić information content (AvgIpc) is 3.20. The molecule has 4 rings (SSSR count). The minimum absolute atomic E-state index is 0.0478. The Bertz CT molecular complexity index is 1310. The highest BCUT2D eigenvalue weighted by atomic mass is 16.2. The second-order valence-corrected chi connectivity index (χ2v) is 6.33. The van der Waals surface area contributed by atoms with Crippen molar-refractivity contribution in [3.63, 3.8) is 0 Å². The molecule has 0 atom stereocenters. The number of nitrogens with two attached hydrogens (primary N) is 1. The maximum absolute atomic E-state index is 12.7. The highest BCUT2D eigenvalue weighted by Crippen LogP contribution is 2.14. The van der Waals surface area contributed by atoms with Crippen LogP contribution in [0.25, 0.3) is 22.3 Å². The van der Waals surface area contributed by atoms with Crippen molar-refractivity contribution >= 4 is 28.1 Å². The predicted octanol–water partition coefficient (Wildman–Crippen LogP) is -0.364. The number of aryl methyl sites for hydroxylation is 3. The molecule has 0 radical (unpaired) electrons. The number of unbranched alkanes of at least 4 members (excludes halogenated alkanes) is 1. The van der Waals surface area contributed by atoms with E-state index in [2.05, 4.69) is 19.9 Å². The van der Waals surface area contributed by atoms with E-state index in [-0.39, 0.29) is 24.2 Å². The molecule has 0 aliphatic carbocycles. The van der Waals surface area contributed by atoms with Gasteiger partial charge in [0.15, 0.2) is 22.6 Å². The van der Waals surface area contributed by atoms with Gasteiger partial charge in [0.2, 0.25) is 0 Å². The first-order valence-electron chi connectivity index (χ1n) is 8.94. The fourth-order valence-electron chi connectivity index (χ4n) is 3.13. The Balaban J connectivity index is 1.55. The van der Waals surface area contributed by atoms with E-state index in [9.17, 15) is 9.59 Å². The number of rotatable bonds is 5. The third-order valence-corrected chi connectivity index (χ3v) is 4.58. The highest BCUT2D eigenvalue weighted by Gasteiger charge is 2.14. The molecule has 4 heterocycles. The summed E-state index contributed by atoms with van der Waals surface area (Å²) >= 11 is 0. The van der Waals surface area contributed by atoms with E-state index >= 15 is 0 Å². The van der Waals surface area contributed by atoms with Crippen LogP contribution in [0.1, 0.15) is 14.2 Å². The van der Waals surface area contributed by atoms with Gasteiger partial charge in [-0.25, -0.2) is 24.7 Å². The van der Waals surface area contributed by atoms with Crippen LogP contribution in [0.3, 0.4) is 0 Å². The van der Waals surface area contributed by atoms with E-state index in [0.717, 1.165) is 0 Å². The van der Waals surface area contributed by atoms with Crippen molar-refractivity contribution in [1.82, 2.24) is 38.2 Å². The van der Waals surface area contributed by atoms with Crippen molar-refractivity contribution < 1.29 is 1.37 Å². The predicted molar refractivity (Wildman–Crippen MR) is 99.2 cm³/mol. The molecule has 0 aliphatic rings. The van der Waals surface area contributed by atoms with Gasteiger partial charge in [0, 0.05) is 27.2 Å². The van der Waals surface area contributed by atoms with Crippen molar-refractivity contribution in [3.05, 3.63) is 39.8 Å². The lowest BCUT2D eigenvalue weighted by atomic mass is 10.3. The van der Waals surface area contributed by atoms with E-state index in [4.69, 9.17) is 7.10 Å². The summed E-state index contributed by atoms with van der Waals surface area (Å²) < 4.78 is 13.8. The Morgan fingerprint density at radius 1 is 1.07 bits per heavy atom. The Labute approximate surface area is 154 Å². The van der Waals surface area contributed by atoms with Gasteiger partial charge in [-0.3, -0.25) is 13.9 Å². The molecule has 0 fully saturated rings. The van der Waals surface area contributed by atoms with Crippen LogP contribution in [-0.2, 0) is 27.2 Å². The van der Waals surface area contributed by atoms with Crippen molar-refractivity contribution in [2.24, 2.45) is 14.1 Å². The lowest BCUT2D eigenvalue weighted by Crippen LogP contribution is -2.39. The average molecular weight is 370 g/mol. The van der Waals surface area contributed by atoms with Gasteiger partial charge >= 0.3 is 5.69 Å². The lowest BCUT2D eigenvalue weighted by Gasteiger charge is -2.09. The summed E-state index contributed by atoms with van der Waals surface area (Å²) in [7, 11) is 3.32. The number of nitrogens with zero attached hydrogens (tertiary/aromatic N) is 8. The van der Waals surface area contributed by atoms with Crippen molar-refractivity contribution in [3.8, 4) is 0 Å².